The predicted molar refractivity (Wildman–Crippen MR) is 244 cm³/mol. The van der Waals surface area contributed by atoms with Crippen LogP contribution in [0.2, 0.25) is 0 Å². The van der Waals surface area contributed by atoms with Crippen LogP contribution < -0.4 is 10.1 Å². The molecule has 1 saturated carbocycles. The zero-order valence-electron chi connectivity index (χ0n) is 33.2. The highest BCUT2D eigenvalue weighted by Crippen LogP contribution is 2.66. The van der Waals surface area contributed by atoms with Gasteiger partial charge in [0.2, 0.25) is 0 Å². The summed E-state index contributed by atoms with van der Waals surface area (Å²) in [6, 6.07) is 37.7. The van der Waals surface area contributed by atoms with Gasteiger partial charge in [0.25, 0.3) is 0 Å². The van der Waals surface area contributed by atoms with Crippen molar-refractivity contribution < 1.29 is 4.74 Å². The molecule has 12 rings (SSSR count). The van der Waals surface area contributed by atoms with Gasteiger partial charge in [-0.3, -0.25) is 0 Å². The minimum atomic E-state index is -0.150. The summed E-state index contributed by atoms with van der Waals surface area (Å²) in [6.07, 6.45) is 34.9. The first-order valence-corrected chi connectivity index (χ1v) is 21.4. The van der Waals surface area contributed by atoms with Crippen LogP contribution >= 0.6 is 0 Å². The number of rotatable bonds is 4. The Hall–Kier alpha value is -6.60. The Balaban J connectivity index is 0.919. The molecule has 0 amide bonds. The van der Waals surface area contributed by atoms with Crippen LogP contribution in [-0.2, 0) is 5.41 Å². The third-order valence-corrected chi connectivity index (χ3v) is 14.3. The molecule has 284 valence electrons. The molecule has 6 unspecified atom stereocenters. The van der Waals surface area contributed by atoms with Gasteiger partial charge in [-0.05, 0) is 92.5 Å². The minimum Gasteiger partial charge on any atom is -0.485 e. The Bertz CT molecular complexity index is 2940. The molecule has 1 N–H and O–H groups in total. The van der Waals surface area contributed by atoms with E-state index in [-0.39, 0.29) is 17.4 Å². The summed E-state index contributed by atoms with van der Waals surface area (Å²) in [4.78, 5) is 0. The van der Waals surface area contributed by atoms with Gasteiger partial charge in [-0.25, -0.2) is 0 Å². The van der Waals surface area contributed by atoms with Gasteiger partial charge in [-0.1, -0.05) is 188 Å². The molecule has 2 heterocycles. The normalized spacial score (nSPS) is 28.3. The van der Waals surface area contributed by atoms with E-state index in [2.05, 4.69) is 206 Å². The van der Waals surface area contributed by atoms with Crippen molar-refractivity contribution in [2.75, 3.05) is 0 Å². The second-order valence-electron chi connectivity index (χ2n) is 17.2. The third-order valence-electron chi connectivity index (χ3n) is 14.3. The first-order valence-electron chi connectivity index (χ1n) is 21.4. The number of hydrogen-bond donors (Lipinski definition) is 1. The van der Waals surface area contributed by atoms with Crippen LogP contribution in [-0.4, -0.2) is 6.10 Å². The highest BCUT2D eigenvalue weighted by molar-refractivity contribution is 6.01. The monoisotopic (exact) mass is 759 g/mol. The lowest BCUT2D eigenvalue weighted by Gasteiger charge is -2.50. The van der Waals surface area contributed by atoms with E-state index in [1.165, 1.54) is 66.2 Å². The van der Waals surface area contributed by atoms with Gasteiger partial charge in [0.15, 0.2) is 0 Å². The second kappa shape index (κ2) is 13.5. The number of benzene rings is 5. The Morgan fingerprint density at radius 2 is 1.36 bits per heavy atom. The maximum absolute atomic E-state index is 7.03. The Morgan fingerprint density at radius 1 is 0.678 bits per heavy atom. The molecular formula is C57H45NO. The minimum absolute atomic E-state index is 0.0429. The maximum atomic E-state index is 7.03. The lowest BCUT2D eigenvalue weighted by Crippen LogP contribution is -2.48. The highest BCUT2D eigenvalue weighted by Gasteiger charge is 2.63. The van der Waals surface area contributed by atoms with Crippen molar-refractivity contribution in [1.82, 2.24) is 5.32 Å². The molecule has 59 heavy (non-hydrogen) atoms. The van der Waals surface area contributed by atoms with Gasteiger partial charge < -0.3 is 10.1 Å². The fourth-order valence-electron chi connectivity index (χ4n) is 11.8. The van der Waals surface area contributed by atoms with E-state index in [1.54, 1.807) is 0 Å². The van der Waals surface area contributed by atoms with E-state index >= 15 is 0 Å². The van der Waals surface area contributed by atoms with Crippen molar-refractivity contribution in [2.45, 2.75) is 31.3 Å². The number of nitrogens with one attached hydrogen (secondary N) is 1. The molecule has 2 aliphatic heterocycles. The molecule has 1 spiro atoms. The number of ether oxygens (including phenoxy) is 1. The van der Waals surface area contributed by atoms with Crippen LogP contribution in [0, 0.1) is 29.6 Å². The van der Waals surface area contributed by atoms with E-state index in [0.717, 1.165) is 29.9 Å². The Morgan fingerprint density at radius 3 is 2.08 bits per heavy atom. The lowest BCUT2D eigenvalue weighted by molar-refractivity contribution is 0.162. The molecule has 5 aliphatic carbocycles. The van der Waals surface area contributed by atoms with E-state index < -0.39 is 0 Å². The van der Waals surface area contributed by atoms with Gasteiger partial charge in [-0.15, -0.1) is 0 Å². The van der Waals surface area contributed by atoms with Gasteiger partial charge in [-0.2, -0.15) is 0 Å². The zero-order valence-corrected chi connectivity index (χ0v) is 33.2. The maximum Gasteiger partial charge on any atom is 0.124 e. The van der Waals surface area contributed by atoms with Crippen molar-refractivity contribution in [3.8, 4) is 5.75 Å². The van der Waals surface area contributed by atoms with Crippen molar-refractivity contribution in [1.29, 1.82) is 0 Å². The zero-order chi connectivity index (χ0) is 39.1. The van der Waals surface area contributed by atoms with E-state index in [0.29, 0.717) is 23.7 Å². The molecule has 6 atom stereocenters. The van der Waals surface area contributed by atoms with Crippen LogP contribution in [0.15, 0.2) is 211 Å². The van der Waals surface area contributed by atoms with Crippen LogP contribution in [0.4, 0.5) is 0 Å². The molecule has 0 radical (unpaired) electrons. The van der Waals surface area contributed by atoms with Crippen molar-refractivity contribution in [3.63, 3.8) is 0 Å². The average Bonchev–Trinajstić information content (AvgIpc) is 3.59. The van der Waals surface area contributed by atoms with E-state index in [1.807, 2.05) is 0 Å². The third kappa shape index (κ3) is 5.19. The van der Waals surface area contributed by atoms with Gasteiger partial charge >= 0.3 is 0 Å². The topological polar surface area (TPSA) is 21.3 Å². The molecule has 7 aliphatic rings. The average molecular weight is 760 g/mol. The summed E-state index contributed by atoms with van der Waals surface area (Å²) in [6.45, 7) is 2.27. The number of hydrogen-bond acceptors (Lipinski definition) is 2. The summed E-state index contributed by atoms with van der Waals surface area (Å²) in [5.74, 6) is 2.89. The summed E-state index contributed by atoms with van der Waals surface area (Å²) >= 11 is 0. The first kappa shape index (κ1) is 34.4. The smallest absolute Gasteiger partial charge is 0.124 e. The summed E-state index contributed by atoms with van der Waals surface area (Å²) < 4.78 is 7.03. The first-order chi connectivity index (χ1) is 29.2. The van der Waals surface area contributed by atoms with Crippen LogP contribution in [0.3, 0.4) is 0 Å². The molecule has 2 heteroatoms. The Kier molecular flexibility index (Phi) is 7.87. The van der Waals surface area contributed by atoms with Gasteiger partial charge in [0.05, 0.1) is 5.70 Å². The van der Waals surface area contributed by atoms with E-state index in [9.17, 15) is 0 Å². The number of allylic oxidation sites excluding steroid dienone is 16. The number of fused-ring (bicyclic) bond motifs is 11. The van der Waals surface area contributed by atoms with Crippen LogP contribution in [0.25, 0.3) is 38.4 Å². The quantitative estimate of drug-likeness (QED) is 0.184. The van der Waals surface area contributed by atoms with Crippen LogP contribution in [0.5, 0.6) is 5.75 Å². The molecular weight excluding hydrogens is 715 g/mol. The fraction of sp³-hybridized carbons (Fsp3) is 0.175. The molecule has 5 aromatic carbocycles. The SMILES string of the molecule is CC1=C(C2C=CC(c3ccc4c(c3)OC3CC=CC=C3C43C4C=CC=CC4C4C=CC=CC43)=CC2)NC(c2cccc3ccccc23)=C=C1c1cccc2ccccc12. The molecule has 0 bridgehead atoms. The van der Waals surface area contributed by atoms with Crippen molar-refractivity contribution in [3.05, 3.63) is 233 Å². The standard InChI is InChI=1S/C57H45NO/c1-36-48(44-22-12-16-38-14-2-4-18-42(38)44)35-53(47-23-13-17-39-15-3-5-19-43(39)47)58-56(36)40-30-28-37(29-31-40)41-32-33-52-55(34-41)59-54-27-11-10-26-51(54)57(52)49-24-8-6-20-45(49)46-21-7-9-25-50(46)57/h2-26,28-30,32-34,40,45-46,49-50,54,58H,27,31H2,1H3. The summed E-state index contributed by atoms with van der Waals surface area (Å²) in [5, 5.41) is 8.89. The largest absolute Gasteiger partial charge is 0.485 e. The van der Waals surface area contributed by atoms with Gasteiger partial charge in [0.1, 0.15) is 11.9 Å². The summed E-state index contributed by atoms with van der Waals surface area (Å²) in [7, 11) is 0. The molecule has 0 aromatic heterocycles. The molecule has 2 nitrogen and oxygen atoms in total. The molecule has 0 saturated heterocycles. The van der Waals surface area contributed by atoms with E-state index in [4.69, 9.17) is 4.74 Å². The second-order valence-corrected chi connectivity index (χ2v) is 17.2. The Labute approximate surface area is 346 Å². The van der Waals surface area contributed by atoms with Gasteiger partial charge in [0, 0.05) is 40.2 Å². The molecule has 5 aromatic rings. The van der Waals surface area contributed by atoms with Crippen molar-refractivity contribution in [2.24, 2.45) is 29.6 Å². The fourth-order valence-corrected chi connectivity index (χ4v) is 11.8. The summed E-state index contributed by atoms with van der Waals surface area (Å²) in [5.41, 5.74) is 16.0. The van der Waals surface area contributed by atoms with Crippen LogP contribution in [0.1, 0.15) is 42.0 Å². The molecule has 1 fully saturated rings. The van der Waals surface area contributed by atoms with Crippen molar-refractivity contribution >= 4 is 38.4 Å². The lowest BCUT2D eigenvalue weighted by atomic mass is 9.57. The predicted octanol–water partition coefficient (Wildman–Crippen LogP) is 13.2. The highest BCUT2D eigenvalue weighted by atomic mass is 16.5.